The number of halogens is 1. The smallest absolute Gasteiger partial charge is 0.276 e. The van der Waals surface area contributed by atoms with Crippen LogP contribution in [0.5, 0.6) is 0 Å². The van der Waals surface area contributed by atoms with E-state index in [1.165, 1.54) is 4.68 Å². The Bertz CT molecular complexity index is 631. The Morgan fingerprint density at radius 1 is 1.14 bits per heavy atom. The molecule has 6 nitrogen and oxygen atoms in total. The quantitative estimate of drug-likeness (QED) is 0.842. The van der Waals surface area contributed by atoms with Crippen LogP contribution in [-0.4, -0.2) is 52.0 Å². The zero-order valence-corrected chi connectivity index (χ0v) is 12.5. The van der Waals surface area contributed by atoms with E-state index in [9.17, 15) is 4.79 Å². The second-order valence-corrected chi connectivity index (χ2v) is 5.47. The molecule has 1 aliphatic rings. The third-order valence-electron chi connectivity index (χ3n) is 3.58. The van der Waals surface area contributed by atoms with Gasteiger partial charge in [-0.15, -0.1) is 5.10 Å². The molecule has 0 atom stereocenters. The van der Waals surface area contributed by atoms with Gasteiger partial charge in [-0.05, 0) is 24.3 Å². The summed E-state index contributed by atoms with van der Waals surface area (Å²) in [5, 5.41) is 8.40. The van der Waals surface area contributed by atoms with Crippen LogP contribution in [0, 0.1) is 0 Å². The number of carbonyl (C=O) groups is 1. The van der Waals surface area contributed by atoms with Crippen LogP contribution in [0.25, 0.3) is 0 Å². The van der Waals surface area contributed by atoms with E-state index in [1.807, 2.05) is 29.2 Å². The monoisotopic (exact) mass is 305 g/mol. The molecule has 0 bridgehead atoms. The number of aryl methyl sites for hydroxylation is 1. The summed E-state index contributed by atoms with van der Waals surface area (Å²) in [6.45, 7) is 2.96. The Hall–Kier alpha value is -2.08. The molecule has 1 aliphatic heterocycles. The molecule has 1 aromatic heterocycles. The lowest BCUT2D eigenvalue weighted by molar-refractivity contribution is 0.0740. The van der Waals surface area contributed by atoms with E-state index < -0.39 is 0 Å². The average Bonchev–Trinajstić information content (AvgIpc) is 2.94. The van der Waals surface area contributed by atoms with E-state index >= 15 is 0 Å². The summed E-state index contributed by atoms with van der Waals surface area (Å²) in [6, 6.07) is 7.77. The van der Waals surface area contributed by atoms with Crippen LogP contribution >= 0.6 is 11.6 Å². The van der Waals surface area contributed by atoms with Crippen molar-refractivity contribution in [2.24, 2.45) is 7.05 Å². The molecule has 1 fully saturated rings. The van der Waals surface area contributed by atoms with Gasteiger partial charge in [0.1, 0.15) is 0 Å². The van der Waals surface area contributed by atoms with Gasteiger partial charge in [0.05, 0.1) is 6.20 Å². The molecule has 1 amide bonds. The number of carbonyl (C=O) groups excluding carboxylic acids is 1. The van der Waals surface area contributed by atoms with Crippen LogP contribution in [-0.2, 0) is 7.05 Å². The fourth-order valence-electron chi connectivity index (χ4n) is 2.43. The number of anilines is 1. The molecule has 0 aliphatic carbocycles. The molecule has 7 heteroatoms. The number of amides is 1. The van der Waals surface area contributed by atoms with Crippen LogP contribution in [0.4, 0.5) is 5.69 Å². The summed E-state index contributed by atoms with van der Waals surface area (Å²) in [5.74, 6) is -0.0566. The van der Waals surface area contributed by atoms with Gasteiger partial charge in [0.15, 0.2) is 5.69 Å². The molecule has 110 valence electrons. The van der Waals surface area contributed by atoms with Gasteiger partial charge < -0.3 is 9.80 Å². The maximum Gasteiger partial charge on any atom is 0.276 e. The Kier molecular flexibility index (Phi) is 3.79. The minimum absolute atomic E-state index is 0.0566. The number of benzene rings is 1. The second-order valence-electron chi connectivity index (χ2n) is 5.03. The van der Waals surface area contributed by atoms with Crippen molar-refractivity contribution in [3.63, 3.8) is 0 Å². The van der Waals surface area contributed by atoms with Crippen molar-refractivity contribution in [2.75, 3.05) is 31.1 Å². The number of aromatic nitrogens is 3. The van der Waals surface area contributed by atoms with E-state index in [0.29, 0.717) is 18.8 Å². The summed E-state index contributed by atoms with van der Waals surface area (Å²) in [4.78, 5) is 16.3. The largest absolute Gasteiger partial charge is 0.368 e. The first-order valence-corrected chi connectivity index (χ1v) is 7.17. The third-order valence-corrected chi connectivity index (χ3v) is 3.83. The molecule has 21 heavy (non-hydrogen) atoms. The maximum absolute atomic E-state index is 12.3. The summed E-state index contributed by atoms with van der Waals surface area (Å²) < 4.78 is 1.54. The van der Waals surface area contributed by atoms with Crippen molar-refractivity contribution in [3.05, 3.63) is 41.2 Å². The Morgan fingerprint density at radius 2 is 1.81 bits per heavy atom. The standard InChI is InChI=1S/C14H16ClN5O/c1-18-10-13(16-17-18)14(21)20-8-6-19(7-9-20)12-4-2-11(15)3-5-12/h2-5,10H,6-9H2,1H3. The average molecular weight is 306 g/mol. The van der Waals surface area contributed by atoms with Crippen LogP contribution < -0.4 is 4.90 Å². The van der Waals surface area contributed by atoms with E-state index in [2.05, 4.69) is 15.2 Å². The van der Waals surface area contributed by atoms with Crippen molar-refractivity contribution in [3.8, 4) is 0 Å². The van der Waals surface area contributed by atoms with Gasteiger partial charge in [0.25, 0.3) is 5.91 Å². The highest BCUT2D eigenvalue weighted by atomic mass is 35.5. The molecule has 2 heterocycles. The fraction of sp³-hybridized carbons (Fsp3) is 0.357. The lowest BCUT2D eigenvalue weighted by atomic mass is 10.2. The number of hydrogen-bond acceptors (Lipinski definition) is 4. The van der Waals surface area contributed by atoms with Crippen LogP contribution in [0.2, 0.25) is 5.02 Å². The molecular weight excluding hydrogens is 290 g/mol. The lowest BCUT2D eigenvalue weighted by Crippen LogP contribution is -2.48. The SMILES string of the molecule is Cn1cc(C(=O)N2CCN(c3ccc(Cl)cc3)CC2)nn1. The third kappa shape index (κ3) is 3.00. The van der Waals surface area contributed by atoms with Crippen LogP contribution in [0.3, 0.4) is 0 Å². The van der Waals surface area contributed by atoms with Crippen molar-refractivity contribution in [1.29, 1.82) is 0 Å². The summed E-state index contributed by atoms with van der Waals surface area (Å²) >= 11 is 5.90. The normalized spacial score (nSPS) is 15.3. The van der Waals surface area contributed by atoms with Crippen molar-refractivity contribution in [1.82, 2.24) is 19.9 Å². The molecule has 1 saturated heterocycles. The van der Waals surface area contributed by atoms with E-state index in [0.717, 1.165) is 23.8 Å². The maximum atomic E-state index is 12.3. The van der Waals surface area contributed by atoms with Crippen molar-refractivity contribution >= 4 is 23.2 Å². The minimum Gasteiger partial charge on any atom is -0.368 e. The first kappa shape index (κ1) is 13.9. The molecule has 0 radical (unpaired) electrons. The molecule has 3 rings (SSSR count). The van der Waals surface area contributed by atoms with Gasteiger partial charge in [-0.25, -0.2) is 0 Å². The molecular formula is C14H16ClN5O. The van der Waals surface area contributed by atoms with Crippen molar-refractivity contribution < 1.29 is 4.79 Å². The molecule has 0 spiro atoms. The van der Waals surface area contributed by atoms with Gasteiger partial charge in [-0.2, -0.15) is 0 Å². The minimum atomic E-state index is -0.0566. The lowest BCUT2D eigenvalue weighted by Gasteiger charge is -2.35. The highest BCUT2D eigenvalue weighted by molar-refractivity contribution is 6.30. The molecule has 2 aromatic rings. The molecule has 1 aromatic carbocycles. The first-order chi connectivity index (χ1) is 10.1. The van der Waals surface area contributed by atoms with E-state index in [1.54, 1.807) is 13.2 Å². The van der Waals surface area contributed by atoms with Gasteiger partial charge in [0.2, 0.25) is 0 Å². The number of rotatable bonds is 2. The van der Waals surface area contributed by atoms with Gasteiger partial charge in [-0.1, -0.05) is 16.8 Å². The highest BCUT2D eigenvalue weighted by Gasteiger charge is 2.23. The number of hydrogen-bond donors (Lipinski definition) is 0. The Balaban J connectivity index is 1.62. The second kappa shape index (κ2) is 5.73. The molecule has 0 unspecified atom stereocenters. The topological polar surface area (TPSA) is 54.3 Å². The summed E-state index contributed by atoms with van der Waals surface area (Å²) in [6.07, 6.45) is 1.65. The molecule has 0 N–H and O–H groups in total. The summed E-state index contributed by atoms with van der Waals surface area (Å²) in [7, 11) is 1.75. The van der Waals surface area contributed by atoms with Gasteiger partial charge >= 0.3 is 0 Å². The van der Waals surface area contributed by atoms with Gasteiger partial charge in [0, 0.05) is 43.9 Å². The van der Waals surface area contributed by atoms with Crippen LogP contribution in [0.1, 0.15) is 10.5 Å². The number of nitrogens with zero attached hydrogens (tertiary/aromatic N) is 5. The zero-order chi connectivity index (χ0) is 14.8. The highest BCUT2D eigenvalue weighted by Crippen LogP contribution is 2.19. The van der Waals surface area contributed by atoms with E-state index in [-0.39, 0.29) is 5.91 Å². The van der Waals surface area contributed by atoms with Crippen molar-refractivity contribution in [2.45, 2.75) is 0 Å². The van der Waals surface area contributed by atoms with Gasteiger partial charge in [-0.3, -0.25) is 9.48 Å². The Labute approximate surface area is 127 Å². The van der Waals surface area contributed by atoms with Crippen LogP contribution in [0.15, 0.2) is 30.5 Å². The predicted molar refractivity (Wildman–Crippen MR) is 80.6 cm³/mol. The fourth-order valence-corrected chi connectivity index (χ4v) is 2.55. The summed E-state index contributed by atoms with van der Waals surface area (Å²) in [5.41, 5.74) is 1.53. The zero-order valence-electron chi connectivity index (χ0n) is 11.7. The molecule has 0 saturated carbocycles. The number of piperazine rings is 1. The Morgan fingerprint density at radius 3 is 2.38 bits per heavy atom. The first-order valence-electron chi connectivity index (χ1n) is 6.79. The van der Waals surface area contributed by atoms with E-state index in [4.69, 9.17) is 11.6 Å². The predicted octanol–water partition coefficient (Wildman–Crippen LogP) is 1.43.